The van der Waals surface area contributed by atoms with E-state index in [1.54, 1.807) is 0 Å². The predicted molar refractivity (Wildman–Crippen MR) is 106 cm³/mol. The number of likely N-dealkylation sites (tertiary alicyclic amines) is 1. The lowest BCUT2D eigenvalue weighted by molar-refractivity contribution is -0.143. The molecule has 2 unspecified atom stereocenters. The number of hydrogen-bond donors (Lipinski definition) is 2. The quantitative estimate of drug-likeness (QED) is 0.561. The Morgan fingerprint density at radius 3 is 2.09 bits per heavy atom. The van der Waals surface area contributed by atoms with Gasteiger partial charge in [-0.25, -0.2) is 9.18 Å². The van der Waals surface area contributed by atoms with Crippen molar-refractivity contribution in [3.05, 3.63) is 70.0 Å². The van der Waals surface area contributed by atoms with E-state index in [0.29, 0.717) is 17.7 Å². The molecule has 2 N–H and O–H groups in total. The Bertz CT molecular complexity index is 1070. The zero-order valence-corrected chi connectivity index (χ0v) is 17.6. The van der Waals surface area contributed by atoms with Gasteiger partial charge in [-0.05, 0) is 48.7 Å². The summed E-state index contributed by atoms with van der Waals surface area (Å²) in [6, 6.07) is 3.76. The molecule has 12 heteroatoms. The number of alkyl halides is 6. The normalized spacial score (nSPS) is 19.1. The van der Waals surface area contributed by atoms with Crippen molar-refractivity contribution in [1.29, 1.82) is 0 Å². The molecule has 1 heterocycles. The molecule has 0 aliphatic carbocycles. The topological polar surface area (TPSA) is 69.6 Å². The third kappa shape index (κ3) is 5.60. The van der Waals surface area contributed by atoms with E-state index in [-0.39, 0.29) is 31.1 Å². The molecule has 2 atom stereocenters. The van der Waals surface area contributed by atoms with E-state index in [1.807, 2.05) is 0 Å². The average Bonchev–Trinajstić information content (AvgIpc) is 2.74. The molecule has 184 valence electrons. The molecule has 2 aromatic rings. The van der Waals surface area contributed by atoms with Crippen LogP contribution in [-0.4, -0.2) is 41.1 Å². The average molecular weight is 492 g/mol. The molecule has 0 bridgehead atoms. The van der Waals surface area contributed by atoms with Crippen molar-refractivity contribution in [1.82, 2.24) is 10.2 Å². The highest BCUT2D eigenvalue weighted by molar-refractivity contribution is 5.95. The van der Waals surface area contributed by atoms with Crippen molar-refractivity contribution in [3.8, 4) is 0 Å². The Morgan fingerprint density at radius 2 is 1.59 bits per heavy atom. The van der Waals surface area contributed by atoms with Crippen LogP contribution in [-0.2, 0) is 12.4 Å². The molecule has 3 rings (SSSR count). The minimum absolute atomic E-state index is 0.0205. The number of hydrogen-bond acceptors (Lipinski definition) is 2. The number of nitrogens with one attached hydrogen (secondary N) is 1. The van der Waals surface area contributed by atoms with Crippen molar-refractivity contribution in [3.63, 3.8) is 0 Å². The molecule has 2 aromatic carbocycles. The summed E-state index contributed by atoms with van der Waals surface area (Å²) in [7, 11) is 0. The number of amides is 2. The van der Waals surface area contributed by atoms with Crippen LogP contribution in [0.1, 0.15) is 45.0 Å². The highest BCUT2D eigenvalue weighted by Gasteiger charge is 2.38. The fourth-order valence-electron chi connectivity index (χ4n) is 3.87. The Kier molecular flexibility index (Phi) is 6.81. The van der Waals surface area contributed by atoms with E-state index in [0.717, 1.165) is 11.0 Å². The first-order valence-corrected chi connectivity index (χ1v) is 10.0. The second-order valence-corrected chi connectivity index (χ2v) is 8.01. The van der Waals surface area contributed by atoms with Crippen LogP contribution in [0.25, 0.3) is 0 Å². The van der Waals surface area contributed by atoms with Gasteiger partial charge >= 0.3 is 18.4 Å². The number of piperidine rings is 1. The third-order valence-electron chi connectivity index (χ3n) is 5.66. The number of rotatable bonds is 3. The van der Waals surface area contributed by atoms with Crippen LogP contribution < -0.4 is 5.32 Å². The number of aryl methyl sites for hydroxylation is 1. The van der Waals surface area contributed by atoms with Crippen molar-refractivity contribution in [2.24, 2.45) is 0 Å². The number of nitrogens with zero attached hydrogens (tertiary/aromatic N) is 1. The van der Waals surface area contributed by atoms with Gasteiger partial charge in [0, 0.05) is 30.6 Å². The summed E-state index contributed by atoms with van der Waals surface area (Å²) < 4.78 is 92.5. The molecular formula is C22H19F7N2O3. The van der Waals surface area contributed by atoms with Crippen LogP contribution in [0.2, 0.25) is 0 Å². The summed E-state index contributed by atoms with van der Waals surface area (Å²) in [5.41, 5.74) is -3.37. The van der Waals surface area contributed by atoms with Gasteiger partial charge < -0.3 is 15.3 Å². The molecule has 0 radical (unpaired) electrons. The molecule has 1 fully saturated rings. The maximum Gasteiger partial charge on any atom is 0.416 e. The lowest BCUT2D eigenvalue weighted by Crippen LogP contribution is -2.51. The van der Waals surface area contributed by atoms with E-state index in [1.165, 1.54) is 19.1 Å². The highest BCUT2D eigenvalue weighted by Crippen LogP contribution is 2.36. The Hall–Kier alpha value is -3.31. The lowest BCUT2D eigenvalue weighted by Gasteiger charge is -2.38. The van der Waals surface area contributed by atoms with E-state index in [2.05, 4.69) is 5.32 Å². The summed E-state index contributed by atoms with van der Waals surface area (Å²) in [6.07, 6.45) is -11.4. The van der Waals surface area contributed by atoms with Gasteiger partial charge in [0.2, 0.25) is 0 Å². The van der Waals surface area contributed by atoms with Crippen molar-refractivity contribution < 1.29 is 45.4 Å². The van der Waals surface area contributed by atoms with Gasteiger partial charge in [-0.15, -0.1) is 0 Å². The van der Waals surface area contributed by atoms with Crippen LogP contribution in [0.5, 0.6) is 0 Å². The van der Waals surface area contributed by atoms with E-state index < -0.39 is 58.8 Å². The monoisotopic (exact) mass is 492 g/mol. The largest absolute Gasteiger partial charge is 0.465 e. The lowest BCUT2D eigenvalue weighted by atomic mass is 9.85. The van der Waals surface area contributed by atoms with Crippen LogP contribution in [0, 0.1) is 12.7 Å². The Morgan fingerprint density at radius 1 is 1.00 bits per heavy atom. The number of halogens is 7. The minimum Gasteiger partial charge on any atom is -0.465 e. The summed E-state index contributed by atoms with van der Waals surface area (Å²) in [6.45, 7) is 1.35. The van der Waals surface area contributed by atoms with Crippen LogP contribution in [0.3, 0.4) is 0 Å². The number of carbonyl (C=O) groups excluding carboxylic acids is 1. The molecule has 1 aliphatic rings. The summed E-state index contributed by atoms with van der Waals surface area (Å²) in [5.74, 6) is -2.39. The minimum atomic E-state index is -5.11. The fraction of sp³-hybridized carbons (Fsp3) is 0.364. The molecule has 5 nitrogen and oxygen atoms in total. The van der Waals surface area contributed by atoms with E-state index in [9.17, 15) is 45.4 Å². The van der Waals surface area contributed by atoms with Crippen molar-refractivity contribution >= 4 is 12.0 Å². The van der Waals surface area contributed by atoms with Crippen molar-refractivity contribution in [2.45, 2.75) is 37.7 Å². The van der Waals surface area contributed by atoms with Gasteiger partial charge in [-0.2, -0.15) is 26.3 Å². The third-order valence-corrected chi connectivity index (χ3v) is 5.66. The second kappa shape index (κ2) is 9.15. The zero-order valence-electron chi connectivity index (χ0n) is 17.6. The second-order valence-electron chi connectivity index (χ2n) is 8.01. The first kappa shape index (κ1) is 25.3. The molecule has 2 amide bonds. The zero-order chi connectivity index (χ0) is 25.4. The van der Waals surface area contributed by atoms with Crippen LogP contribution in [0.4, 0.5) is 35.5 Å². The van der Waals surface area contributed by atoms with Crippen LogP contribution >= 0.6 is 0 Å². The van der Waals surface area contributed by atoms with Gasteiger partial charge in [0.1, 0.15) is 5.82 Å². The molecule has 0 saturated carbocycles. The molecule has 1 aliphatic heterocycles. The van der Waals surface area contributed by atoms with Gasteiger partial charge in [0.25, 0.3) is 5.91 Å². The molecular weight excluding hydrogens is 473 g/mol. The van der Waals surface area contributed by atoms with E-state index >= 15 is 0 Å². The number of benzene rings is 2. The molecule has 34 heavy (non-hydrogen) atoms. The van der Waals surface area contributed by atoms with Crippen LogP contribution in [0.15, 0.2) is 36.4 Å². The first-order chi connectivity index (χ1) is 15.7. The van der Waals surface area contributed by atoms with E-state index in [4.69, 9.17) is 0 Å². The van der Waals surface area contributed by atoms with Gasteiger partial charge in [-0.3, -0.25) is 4.79 Å². The maximum absolute atomic E-state index is 13.7. The summed E-state index contributed by atoms with van der Waals surface area (Å²) in [5, 5.41) is 11.8. The highest BCUT2D eigenvalue weighted by atomic mass is 19.4. The van der Waals surface area contributed by atoms with Gasteiger partial charge in [0.05, 0.1) is 11.1 Å². The SMILES string of the molecule is Cc1cc(C2CN(C(=O)O)CCC2NC(=O)c2cc(C(F)(F)F)cc(C(F)(F)F)c2)ccc1F. The summed E-state index contributed by atoms with van der Waals surface area (Å²) in [4.78, 5) is 25.2. The standard InChI is InChI=1S/C22H19F7N2O3/c1-11-6-12(2-3-17(11)23)16-10-31(20(33)34)5-4-18(16)30-19(32)13-7-14(21(24,25)26)9-15(8-13)22(27,28)29/h2-3,6-9,16,18H,4-5,10H2,1H3,(H,30,32)(H,33,34). The smallest absolute Gasteiger partial charge is 0.416 e. The molecule has 1 saturated heterocycles. The maximum atomic E-state index is 13.7. The number of carbonyl (C=O) groups is 2. The summed E-state index contributed by atoms with van der Waals surface area (Å²) >= 11 is 0. The molecule has 0 spiro atoms. The van der Waals surface area contributed by atoms with Gasteiger partial charge in [0.15, 0.2) is 0 Å². The van der Waals surface area contributed by atoms with Gasteiger partial charge in [-0.1, -0.05) is 12.1 Å². The van der Waals surface area contributed by atoms with Crippen molar-refractivity contribution in [2.75, 3.05) is 13.1 Å². The number of carboxylic acid groups (broad SMARTS) is 1. The molecule has 0 aromatic heterocycles. The Labute approximate surface area is 189 Å². The fourth-order valence-corrected chi connectivity index (χ4v) is 3.87. The predicted octanol–water partition coefficient (Wildman–Crippen LogP) is 5.44. The first-order valence-electron chi connectivity index (χ1n) is 10.0. The Balaban J connectivity index is 1.95.